The van der Waals surface area contributed by atoms with Gasteiger partial charge in [0, 0.05) is 12.0 Å². The molecule has 0 spiro atoms. The molecule has 4 heteroatoms. The topological polar surface area (TPSA) is 59.3 Å². The summed E-state index contributed by atoms with van der Waals surface area (Å²) in [5.74, 6) is 2.68. The summed E-state index contributed by atoms with van der Waals surface area (Å²) < 4.78 is 12.6. The number of ether oxygens (including phenoxy) is 2. The number of carbonyl (C=O) groups excluding carboxylic acids is 1. The van der Waals surface area contributed by atoms with E-state index in [0.717, 1.165) is 32.5 Å². The Bertz CT molecular complexity index is 1140. The van der Waals surface area contributed by atoms with E-state index in [9.17, 15) is 10.1 Å². The van der Waals surface area contributed by atoms with Crippen molar-refractivity contribution in [2.24, 2.45) is 56.7 Å². The molecule has 5 aliphatic carbocycles. The summed E-state index contributed by atoms with van der Waals surface area (Å²) >= 11 is 0. The molecule has 0 aromatic heterocycles. The maximum atomic E-state index is 13.3. The molecular formula is C36H53NO3. The smallest absolute Gasteiger partial charge is 0.178 e. The molecule has 0 bridgehead atoms. The number of allylic oxidation sites excluding steroid dienone is 3. The first kappa shape index (κ1) is 28.7. The molecule has 1 saturated heterocycles. The van der Waals surface area contributed by atoms with Gasteiger partial charge in [0.2, 0.25) is 0 Å². The zero-order valence-corrected chi connectivity index (χ0v) is 26.1. The summed E-state index contributed by atoms with van der Waals surface area (Å²) in [4.78, 5) is 13.3. The highest BCUT2D eigenvalue weighted by Gasteiger charge is 2.70. The maximum absolute atomic E-state index is 13.3. The van der Waals surface area contributed by atoms with Crippen molar-refractivity contribution in [1.82, 2.24) is 0 Å². The van der Waals surface area contributed by atoms with Crippen molar-refractivity contribution in [1.29, 1.82) is 5.26 Å². The van der Waals surface area contributed by atoms with Crippen LogP contribution in [-0.2, 0) is 14.3 Å². The molecule has 1 heterocycles. The van der Waals surface area contributed by atoms with E-state index in [2.05, 4.69) is 60.3 Å². The van der Waals surface area contributed by atoms with Crippen LogP contribution in [0.4, 0.5) is 0 Å². The second-order valence-corrected chi connectivity index (χ2v) is 16.2. The fourth-order valence-corrected chi connectivity index (χ4v) is 12.2. The van der Waals surface area contributed by atoms with Crippen LogP contribution in [0.15, 0.2) is 23.8 Å². The third-order valence-electron chi connectivity index (χ3n) is 14.4. The number of fused-ring (bicyclic) bond motifs is 7. The maximum Gasteiger partial charge on any atom is 0.178 e. The second-order valence-electron chi connectivity index (χ2n) is 16.2. The van der Waals surface area contributed by atoms with Gasteiger partial charge in [0.15, 0.2) is 12.1 Å². The van der Waals surface area contributed by atoms with Gasteiger partial charge in [0.05, 0.1) is 12.2 Å². The van der Waals surface area contributed by atoms with Gasteiger partial charge in [-0.3, -0.25) is 4.79 Å². The minimum Gasteiger partial charge on any atom is -0.353 e. The third-order valence-corrected chi connectivity index (χ3v) is 14.4. The number of hydrogen-bond acceptors (Lipinski definition) is 4. The van der Waals surface area contributed by atoms with E-state index >= 15 is 0 Å². The van der Waals surface area contributed by atoms with E-state index in [0.29, 0.717) is 35.2 Å². The molecule has 0 radical (unpaired) electrons. The molecule has 4 saturated carbocycles. The van der Waals surface area contributed by atoms with E-state index in [-0.39, 0.29) is 33.7 Å². The number of nitrogens with zero attached hydrogens (tertiary/aromatic N) is 1. The molecule has 0 amide bonds. The van der Waals surface area contributed by atoms with Gasteiger partial charge >= 0.3 is 0 Å². The Hall–Kier alpha value is -1.44. The Kier molecular flexibility index (Phi) is 6.83. The number of carbonyl (C=O) groups is 1. The Morgan fingerprint density at radius 2 is 1.77 bits per heavy atom. The van der Waals surface area contributed by atoms with Crippen LogP contribution in [0.3, 0.4) is 0 Å². The van der Waals surface area contributed by atoms with Gasteiger partial charge < -0.3 is 9.47 Å². The lowest BCUT2D eigenvalue weighted by molar-refractivity contribution is -0.235. The molecule has 0 N–H and O–H groups in total. The summed E-state index contributed by atoms with van der Waals surface area (Å²) in [6.07, 6.45) is 15.2. The number of nitriles is 1. The van der Waals surface area contributed by atoms with Crippen molar-refractivity contribution >= 4 is 5.78 Å². The van der Waals surface area contributed by atoms with Crippen LogP contribution in [0, 0.1) is 68.0 Å². The Morgan fingerprint density at radius 3 is 2.45 bits per heavy atom. The van der Waals surface area contributed by atoms with Crippen LogP contribution < -0.4 is 0 Å². The highest BCUT2D eigenvalue weighted by molar-refractivity contribution is 6.04. The summed E-state index contributed by atoms with van der Waals surface area (Å²) in [6, 6.07) is 2.31. The quantitative estimate of drug-likeness (QED) is 0.331. The first-order valence-electron chi connectivity index (χ1n) is 16.4. The zero-order valence-electron chi connectivity index (χ0n) is 26.1. The minimum absolute atomic E-state index is 0.0251. The zero-order chi connectivity index (χ0) is 28.7. The lowest BCUT2D eigenvalue weighted by Crippen LogP contribution is -2.66. The van der Waals surface area contributed by atoms with Crippen LogP contribution in [0.1, 0.15) is 112 Å². The summed E-state index contributed by atoms with van der Waals surface area (Å²) in [7, 11) is 0. The first-order chi connectivity index (χ1) is 18.8. The molecule has 6 aliphatic rings. The molecule has 10 atom stereocenters. The average molecular weight is 548 g/mol. The SMILES string of the molecule is C=C(C)C1CCC2(COC3CCCCO3)CCC3(C)C(CCC4C5(C)C=C(C#N)C(=O)C(C)(C)C5CCC43C)C12. The van der Waals surface area contributed by atoms with E-state index in [1.807, 2.05) is 0 Å². The molecule has 5 fully saturated rings. The van der Waals surface area contributed by atoms with Crippen molar-refractivity contribution in [2.45, 2.75) is 118 Å². The molecule has 4 nitrogen and oxygen atoms in total. The van der Waals surface area contributed by atoms with Gasteiger partial charge in [0.1, 0.15) is 6.07 Å². The number of Topliss-reactive ketones (excluding diaryl/α,β-unsaturated/α-hetero) is 1. The van der Waals surface area contributed by atoms with Crippen LogP contribution >= 0.6 is 0 Å². The number of rotatable bonds is 4. The molecule has 6 rings (SSSR count). The molecule has 0 aromatic carbocycles. The number of ketones is 1. The molecule has 40 heavy (non-hydrogen) atoms. The van der Waals surface area contributed by atoms with E-state index < -0.39 is 5.41 Å². The summed E-state index contributed by atoms with van der Waals surface area (Å²) in [6.45, 7) is 20.4. The molecule has 1 aliphatic heterocycles. The molecule has 220 valence electrons. The first-order valence-corrected chi connectivity index (χ1v) is 16.4. The van der Waals surface area contributed by atoms with Gasteiger partial charge in [-0.2, -0.15) is 5.26 Å². The third kappa shape index (κ3) is 3.78. The Balaban J connectivity index is 1.36. The average Bonchev–Trinajstić information content (AvgIpc) is 3.31. The van der Waals surface area contributed by atoms with Crippen LogP contribution in [0.2, 0.25) is 0 Å². The van der Waals surface area contributed by atoms with Crippen LogP contribution in [-0.4, -0.2) is 25.3 Å². The summed E-state index contributed by atoms with van der Waals surface area (Å²) in [5, 5.41) is 9.99. The fourth-order valence-electron chi connectivity index (χ4n) is 12.2. The monoisotopic (exact) mass is 547 g/mol. The van der Waals surface area contributed by atoms with Gasteiger partial charge in [-0.05, 0) is 129 Å². The molecular weight excluding hydrogens is 494 g/mol. The van der Waals surface area contributed by atoms with E-state index in [1.165, 1.54) is 56.9 Å². The lowest BCUT2D eigenvalue weighted by atomic mass is 9.33. The second kappa shape index (κ2) is 9.54. The highest BCUT2D eigenvalue weighted by Crippen LogP contribution is 2.77. The predicted molar refractivity (Wildman–Crippen MR) is 158 cm³/mol. The minimum atomic E-state index is -0.482. The summed E-state index contributed by atoms with van der Waals surface area (Å²) in [5.41, 5.74) is 1.80. The van der Waals surface area contributed by atoms with Gasteiger partial charge in [-0.1, -0.05) is 52.8 Å². The normalized spacial score (nSPS) is 49.5. The van der Waals surface area contributed by atoms with E-state index in [4.69, 9.17) is 9.47 Å². The van der Waals surface area contributed by atoms with Crippen molar-refractivity contribution in [3.8, 4) is 6.07 Å². The Labute approximate surface area is 243 Å². The standard InChI is InChI=1S/C36H53NO3/c1-23(2)25-13-16-36(22-40-29-10-8-9-19-39-29)18-17-34(6)26(30(25)36)11-12-28-33(5)20-24(21-37)31(38)32(3,4)27(33)14-15-35(28,34)7/h20,25-30H,1,8-19,22H2,2-7H3. The number of hydrogen-bond donors (Lipinski definition) is 0. The van der Waals surface area contributed by atoms with Crippen molar-refractivity contribution in [3.05, 3.63) is 23.8 Å². The largest absolute Gasteiger partial charge is 0.353 e. The van der Waals surface area contributed by atoms with Crippen molar-refractivity contribution < 1.29 is 14.3 Å². The van der Waals surface area contributed by atoms with Crippen molar-refractivity contribution in [3.63, 3.8) is 0 Å². The van der Waals surface area contributed by atoms with E-state index in [1.54, 1.807) is 0 Å². The van der Waals surface area contributed by atoms with Crippen molar-refractivity contribution in [2.75, 3.05) is 13.2 Å². The molecule has 10 unspecified atom stereocenters. The van der Waals surface area contributed by atoms with Gasteiger partial charge in [-0.15, -0.1) is 0 Å². The highest BCUT2D eigenvalue weighted by atomic mass is 16.7. The van der Waals surface area contributed by atoms with Crippen LogP contribution in [0.5, 0.6) is 0 Å². The fraction of sp³-hybridized carbons (Fsp3) is 0.833. The Morgan fingerprint density at radius 1 is 1.00 bits per heavy atom. The predicted octanol–water partition coefficient (Wildman–Crippen LogP) is 8.43. The lowest BCUT2D eigenvalue weighted by Gasteiger charge is -2.71. The van der Waals surface area contributed by atoms with Gasteiger partial charge in [0.25, 0.3) is 0 Å². The van der Waals surface area contributed by atoms with Crippen LogP contribution in [0.25, 0.3) is 0 Å². The molecule has 0 aromatic rings. The van der Waals surface area contributed by atoms with Gasteiger partial charge in [-0.25, -0.2) is 0 Å².